The Morgan fingerprint density at radius 1 is 1.35 bits per heavy atom. The quantitative estimate of drug-likeness (QED) is 0.513. The van der Waals surface area contributed by atoms with Crippen LogP contribution in [0.25, 0.3) is 6.08 Å². The highest BCUT2D eigenvalue weighted by molar-refractivity contribution is 6.30. The third-order valence-electron chi connectivity index (χ3n) is 3.15. The van der Waals surface area contributed by atoms with E-state index in [0.717, 1.165) is 0 Å². The Hall–Kier alpha value is -2.25. The standard InChI is InChI=1S/C18H25ClN2O5/c1-18(2,3)26-17(25)21-14(16(23)24)8-10-20-9-4-5-12-11-13(19)6-7-15(12)22/h4-7,11,14,20,22H,8-10H2,1-3H3,(H,21,25)(H,23,24)/b5-4+. The van der Waals surface area contributed by atoms with Crippen molar-refractivity contribution >= 4 is 29.7 Å². The fourth-order valence-electron chi connectivity index (χ4n) is 1.98. The van der Waals surface area contributed by atoms with Crippen LogP contribution in [0.5, 0.6) is 5.75 Å². The number of hydrogen-bond acceptors (Lipinski definition) is 5. The Bertz CT molecular complexity index is 655. The number of hydrogen-bond donors (Lipinski definition) is 4. The summed E-state index contributed by atoms with van der Waals surface area (Å²) in [5, 5.41) is 24.8. The van der Waals surface area contributed by atoms with Gasteiger partial charge in [-0.2, -0.15) is 0 Å². The molecule has 1 aromatic carbocycles. The molecule has 1 unspecified atom stereocenters. The molecule has 7 nitrogen and oxygen atoms in total. The number of phenols is 1. The van der Waals surface area contributed by atoms with Crippen LogP contribution in [0.4, 0.5) is 4.79 Å². The number of halogens is 1. The molecule has 0 aromatic heterocycles. The van der Waals surface area contributed by atoms with E-state index in [4.69, 9.17) is 16.3 Å². The summed E-state index contributed by atoms with van der Waals surface area (Å²) in [6, 6.07) is 3.70. The fourth-order valence-corrected chi connectivity index (χ4v) is 2.16. The second-order valence-corrected chi connectivity index (χ2v) is 7.07. The Kier molecular flexibility index (Phi) is 8.41. The van der Waals surface area contributed by atoms with Gasteiger partial charge in [0.15, 0.2) is 0 Å². The first-order valence-corrected chi connectivity index (χ1v) is 8.54. The predicted molar refractivity (Wildman–Crippen MR) is 100 cm³/mol. The van der Waals surface area contributed by atoms with Crippen LogP contribution in [-0.4, -0.2) is 47.0 Å². The van der Waals surface area contributed by atoms with Crippen LogP contribution in [-0.2, 0) is 9.53 Å². The number of aliphatic carboxylic acids is 1. The molecule has 1 amide bonds. The van der Waals surface area contributed by atoms with E-state index in [1.54, 1.807) is 45.1 Å². The average molecular weight is 385 g/mol. The predicted octanol–water partition coefficient (Wildman–Crippen LogP) is 3.02. The van der Waals surface area contributed by atoms with Crippen molar-refractivity contribution in [2.24, 2.45) is 0 Å². The highest BCUT2D eigenvalue weighted by Gasteiger charge is 2.23. The Morgan fingerprint density at radius 3 is 2.65 bits per heavy atom. The molecular formula is C18H25ClN2O5. The van der Waals surface area contributed by atoms with Crippen LogP contribution in [0.1, 0.15) is 32.8 Å². The largest absolute Gasteiger partial charge is 0.507 e. The molecular weight excluding hydrogens is 360 g/mol. The summed E-state index contributed by atoms with van der Waals surface area (Å²) in [6.07, 6.45) is 2.93. The van der Waals surface area contributed by atoms with E-state index in [2.05, 4.69) is 10.6 Å². The van der Waals surface area contributed by atoms with E-state index in [9.17, 15) is 19.8 Å². The first-order chi connectivity index (χ1) is 12.1. The number of carbonyl (C=O) groups is 2. The molecule has 0 aliphatic carbocycles. The van der Waals surface area contributed by atoms with E-state index < -0.39 is 23.7 Å². The van der Waals surface area contributed by atoms with Gasteiger partial charge in [0.2, 0.25) is 0 Å². The molecule has 0 spiro atoms. The zero-order valence-electron chi connectivity index (χ0n) is 15.1. The number of amides is 1. The normalized spacial score (nSPS) is 12.8. The molecule has 1 rings (SSSR count). The Labute approximate surface area is 158 Å². The molecule has 0 fully saturated rings. The van der Waals surface area contributed by atoms with Gasteiger partial charge in [0.25, 0.3) is 0 Å². The number of alkyl carbamates (subject to hydrolysis) is 1. The zero-order valence-corrected chi connectivity index (χ0v) is 15.8. The van der Waals surface area contributed by atoms with Crippen molar-refractivity contribution in [1.82, 2.24) is 10.6 Å². The molecule has 0 aliphatic heterocycles. The van der Waals surface area contributed by atoms with Gasteiger partial charge in [-0.05, 0) is 51.9 Å². The molecule has 4 N–H and O–H groups in total. The van der Waals surface area contributed by atoms with Crippen LogP contribution in [0.2, 0.25) is 5.02 Å². The number of carboxylic acids is 1. The zero-order chi connectivity index (χ0) is 19.7. The summed E-state index contributed by atoms with van der Waals surface area (Å²) < 4.78 is 5.05. The third-order valence-corrected chi connectivity index (χ3v) is 3.38. The number of nitrogens with one attached hydrogen (secondary N) is 2. The number of phenolic OH excluding ortho intramolecular Hbond substituents is 1. The number of carboxylic acid groups (broad SMARTS) is 1. The van der Waals surface area contributed by atoms with Gasteiger partial charge in [0, 0.05) is 17.1 Å². The number of carbonyl (C=O) groups excluding carboxylic acids is 1. The van der Waals surface area contributed by atoms with Crippen molar-refractivity contribution < 1.29 is 24.5 Å². The maximum atomic E-state index is 11.7. The summed E-state index contributed by atoms with van der Waals surface area (Å²) in [5.74, 6) is -1.00. The van der Waals surface area contributed by atoms with Crippen molar-refractivity contribution in [3.05, 3.63) is 34.9 Å². The summed E-state index contributed by atoms with van der Waals surface area (Å²) in [6.45, 7) is 5.94. The van der Waals surface area contributed by atoms with Gasteiger partial charge < -0.3 is 25.6 Å². The SMILES string of the molecule is CC(C)(C)OC(=O)NC(CCNC/C=C/c1cc(Cl)ccc1O)C(=O)O. The lowest BCUT2D eigenvalue weighted by atomic mass is 10.2. The Morgan fingerprint density at radius 2 is 2.04 bits per heavy atom. The molecule has 26 heavy (non-hydrogen) atoms. The molecule has 0 saturated carbocycles. The molecule has 1 aromatic rings. The third kappa shape index (κ3) is 8.73. The van der Waals surface area contributed by atoms with E-state index >= 15 is 0 Å². The molecule has 0 radical (unpaired) electrons. The smallest absolute Gasteiger partial charge is 0.408 e. The minimum atomic E-state index is -1.13. The van der Waals surface area contributed by atoms with Gasteiger partial charge in [-0.1, -0.05) is 23.8 Å². The van der Waals surface area contributed by atoms with Crippen molar-refractivity contribution in [2.75, 3.05) is 13.1 Å². The molecule has 0 aliphatic rings. The van der Waals surface area contributed by atoms with E-state index in [1.165, 1.54) is 6.07 Å². The first kappa shape index (κ1) is 21.8. The lowest BCUT2D eigenvalue weighted by molar-refractivity contribution is -0.139. The number of aromatic hydroxyl groups is 1. The van der Waals surface area contributed by atoms with E-state index in [0.29, 0.717) is 23.7 Å². The van der Waals surface area contributed by atoms with E-state index in [1.807, 2.05) is 0 Å². The topological polar surface area (TPSA) is 108 Å². The maximum absolute atomic E-state index is 11.7. The lowest BCUT2D eigenvalue weighted by Crippen LogP contribution is -2.44. The highest BCUT2D eigenvalue weighted by atomic mass is 35.5. The monoisotopic (exact) mass is 384 g/mol. The second-order valence-electron chi connectivity index (χ2n) is 6.64. The number of benzene rings is 1. The fraction of sp³-hybridized carbons (Fsp3) is 0.444. The average Bonchev–Trinajstić information content (AvgIpc) is 2.50. The van der Waals surface area contributed by atoms with Crippen molar-refractivity contribution in [3.63, 3.8) is 0 Å². The summed E-state index contributed by atoms with van der Waals surface area (Å²) >= 11 is 5.86. The summed E-state index contributed by atoms with van der Waals surface area (Å²) in [5.41, 5.74) is -0.100. The number of ether oxygens (including phenoxy) is 1. The van der Waals surface area contributed by atoms with Gasteiger partial charge in [-0.15, -0.1) is 0 Å². The van der Waals surface area contributed by atoms with E-state index in [-0.39, 0.29) is 12.2 Å². The second kappa shape index (κ2) is 10.0. The highest BCUT2D eigenvalue weighted by Crippen LogP contribution is 2.22. The minimum absolute atomic E-state index is 0.123. The van der Waals surface area contributed by atoms with Gasteiger partial charge in [-0.3, -0.25) is 0 Å². The van der Waals surface area contributed by atoms with Crippen molar-refractivity contribution in [2.45, 2.75) is 38.8 Å². The van der Waals surface area contributed by atoms with Crippen LogP contribution in [0, 0.1) is 0 Å². The van der Waals surface area contributed by atoms with Crippen LogP contribution >= 0.6 is 11.6 Å². The minimum Gasteiger partial charge on any atom is -0.507 e. The van der Waals surface area contributed by atoms with Crippen LogP contribution < -0.4 is 10.6 Å². The van der Waals surface area contributed by atoms with Gasteiger partial charge in [0.1, 0.15) is 17.4 Å². The Balaban J connectivity index is 2.39. The van der Waals surface area contributed by atoms with Gasteiger partial charge in [0.05, 0.1) is 0 Å². The first-order valence-electron chi connectivity index (χ1n) is 8.16. The summed E-state index contributed by atoms with van der Waals surface area (Å²) in [7, 11) is 0. The summed E-state index contributed by atoms with van der Waals surface area (Å²) in [4.78, 5) is 22.9. The number of rotatable bonds is 8. The van der Waals surface area contributed by atoms with Crippen LogP contribution in [0.15, 0.2) is 24.3 Å². The lowest BCUT2D eigenvalue weighted by Gasteiger charge is -2.22. The molecule has 1 atom stereocenters. The maximum Gasteiger partial charge on any atom is 0.408 e. The molecule has 0 bridgehead atoms. The van der Waals surface area contributed by atoms with Crippen LogP contribution in [0.3, 0.4) is 0 Å². The molecule has 144 valence electrons. The molecule has 0 saturated heterocycles. The van der Waals surface area contributed by atoms with Crippen molar-refractivity contribution in [3.8, 4) is 5.75 Å². The van der Waals surface area contributed by atoms with Gasteiger partial charge in [-0.25, -0.2) is 9.59 Å². The molecule has 8 heteroatoms. The van der Waals surface area contributed by atoms with Crippen molar-refractivity contribution in [1.29, 1.82) is 0 Å². The van der Waals surface area contributed by atoms with Gasteiger partial charge >= 0.3 is 12.1 Å². The molecule has 0 heterocycles.